The van der Waals surface area contributed by atoms with Gasteiger partial charge in [0.1, 0.15) is 6.54 Å². The van der Waals surface area contributed by atoms with Gasteiger partial charge in [-0.3, -0.25) is 14.4 Å². The molecule has 0 unspecified atom stereocenters. The van der Waals surface area contributed by atoms with Gasteiger partial charge in [-0.05, 0) is 12.1 Å². The van der Waals surface area contributed by atoms with E-state index in [0.29, 0.717) is 20.0 Å². The molecule has 0 aliphatic carbocycles. The second-order valence-corrected chi connectivity index (χ2v) is 10.2. The van der Waals surface area contributed by atoms with Crippen LogP contribution in [0.15, 0.2) is 22.5 Å². The first-order valence-electron chi connectivity index (χ1n) is 7.29. The molecule has 0 radical (unpaired) electrons. The zero-order valence-electron chi connectivity index (χ0n) is 14.1. The van der Waals surface area contributed by atoms with Crippen LogP contribution in [-0.2, 0) is 14.8 Å². The minimum absolute atomic E-state index is 0.158. The van der Waals surface area contributed by atoms with Crippen molar-refractivity contribution in [2.45, 2.75) is 23.4 Å². The molecule has 0 aliphatic heterocycles. The van der Waals surface area contributed by atoms with Crippen molar-refractivity contribution in [1.82, 2.24) is 10.2 Å². The van der Waals surface area contributed by atoms with Gasteiger partial charge in [0, 0.05) is 11.3 Å². The molecule has 0 saturated heterocycles. The van der Waals surface area contributed by atoms with Gasteiger partial charge in [-0.25, -0.2) is 17.2 Å². The van der Waals surface area contributed by atoms with Gasteiger partial charge >= 0.3 is 0 Å². The normalized spacial score (nSPS) is 11.6. The van der Waals surface area contributed by atoms with E-state index < -0.39 is 34.1 Å². The Hall–Kier alpha value is -1.79. The lowest BCUT2D eigenvalue weighted by molar-refractivity contribution is -0.114. The highest BCUT2D eigenvalue weighted by Crippen LogP contribution is 2.28. The van der Waals surface area contributed by atoms with Crippen LogP contribution in [0.2, 0.25) is 0 Å². The molecule has 0 aliphatic rings. The Morgan fingerprint density at radius 3 is 2.58 bits per heavy atom. The second-order valence-electron chi connectivity index (χ2n) is 5.46. The first-order valence-corrected chi connectivity index (χ1v) is 10.8. The van der Waals surface area contributed by atoms with Gasteiger partial charge in [0.05, 0.1) is 11.9 Å². The number of hydrogen-bond donors (Lipinski definition) is 1. The highest BCUT2D eigenvalue weighted by Gasteiger charge is 2.23. The minimum atomic E-state index is -3.90. The van der Waals surface area contributed by atoms with Gasteiger partial charge in [0.2, 0.25) is 21.1 Å². The monoisotopic (exact) mass is 422 g/mol. The van der Waals surface area contributed by atoms with E-state index in [1.54, 1.807) is 0 Å². The summed E-state index contributed by atoms with van der Waals surface area (Å²) in [6, 6.07) is 2.59. The van der Waals surface area contributed by atoms with Crippen molar-refractivity contribution < 1.29 is 22.0 Å². The summed E-state index contributed by atoms with van der Waals surface area (Å²) in [7, 11) is -3.90. The van der Waals surface area contributed by atoms with Crippen LogP contribution in [-0.4, -0.2) is 42.6 Å². The van der Waals surface area contributed by atoms with E-state index in [9.17, 15) is 22.0 Å². The molecule has 0 fully saturated rings. The fraction of sp³-hybridized carbons (Fsp3) is 0.357. The standard InChI is InChI=1S/C14H16F2N4O3S3/c1-8(2)24-14-19-18-13(25-14)17-12(21)7-20(26(3,22)23)9-4-5-10(15)11(16)6-9/h4-6,8H,7H2,1-3H3,(H,17,18,21). The molecule has 2 aromatic rings. The van der Waals surface area contributed by atoms with Crippen molar-refractivity contribution in [3.63, 3.8) is 0 Å². The molecule has 142 valence electrons. The summed E-state index contributed by atoms with van der Waals surface area (Å²) in [6.07, 6.45) is 0.865. The second kappa shape index (κ2) is 8.27. The van der Waals surface area contributed by atoms with Crippen molar-refractivity contribution >= 4 is 49.8 Å². The van der Waals surface area contributed by atoms with E-state index >= 15 is 0 Å². The summed E-state index contributed by atoms with van der Waals surface area (Å²) in [5.41, 5.74) is -0.158. The summed E-state index contributed by atoms with van der Waals surface area (Å²) in [4.78, 5) is 12.2. The van der Waals surface area contributed by atoms with Gasteiger partial charge in [-0.15, -0.1) is 10.2 Å². The minimum Gasteiger partial charge on any atom is -0.299 e. The third kappa shape index (κ3) is 5.61. The number of aromatic nitrogens is 2. The number of nitrogens with zero attached hydrogens (tertiary/aromatic N) is 3. The number of anilines is 2. The quantitative estimate of drug-likeness (QED) is 0.545. The number of rotatable bonds is 7. The summed E-state index contributed by atoms with van der Waals surface area (Å²) < 4.78 is 51.7. The van der Waals surface area contributed by atoms with Crippen LogP contribution in [0, 0.1) is 11.6 Å². The topological polar surface area (TPSA) is 92.3 Å². The van der Waals surface area contributed by atoms with Crippen LogP contribution < -0.4 is 9.62 Å². The maximum atomic E-state index is 13.4. The first kappa shape index (κ1) is 20.5. The number of benzene rings is 1. The third-order valence-electron chi connectivity index (χ3n) is 2.87. The maximum Gasteiger partial charge on any atom is 0.246 e. The number of nitrogens with one attached hydrogen (secondary N) is 1. The van der Waals surface area contributed by atoms with Crippen molar-refractivity contribution in [3.05, 3.63) is 29.8 Å². The van der Waals surface area contributed by atoms with E-state index in [4.69, 9.17) is 0 Å². The summed E-state index contributed by atoms with van der Waals surface area (Å²) in [5.74, 6) is -3.01. The zero-order valence-corrected chi connectivity index (χ0v) is 16.5. The number of carbonyl (C=O) groups is 1. The van der Waals surface area contributed by atoms with Crippen LogP contribution in [0.25, 0.3) is 0 Å². The van der Waals surface area contributed by atoms with Crippen LogP contribution in [0.3, 0.4) is 0 Å². The molecular formula is C14H16F2N4O3S3. The lowest BCUT2D eigenvalue weighted by atomic mass is 10.3. The predicted molar refractivity (Wildman–Crippen MR) is 98.1 cm³/mol. The number of sulfonamides is 1. The summed E-state index contributed by atoms with van der Waals surface area (Å²) >= 11 is 2.63. The Morgan fingerprint density at radius 1 is 1.31 bits per heavy atom. The highest BCUT2D eigenvalue weighted by atomic mass is 32.2. The average molecular weight is 423 g/mol. The molecule has 1 aromatic carbocycles. The van der Waals surface area contributed by atoms with E-state index in [0.717, 1.165) is 29.7 Å². The molecule has 1 heterocycles. The van der Waals surface area contributed by atoms with Gasteiger partial charge in [-0.2, -0.15) is 0 Å². The number of amides is 1. The fourth-order valence-electron chi connectivity index (χ4n) is 1.84. The van der Waals surface area contributed by atoms with E-state index in [2.05, 4.69) is 15.5 Å². The van der Waals surface area contributed by atoms with Gasteiger partial charge in [0.25, 0.3) is 0 Å². The summed E-state index contributed by atoms with van der Waals surface area (Å²) in [6.45, 7) is 3.35. The smallest absolute Gasteiger partial charge is 0.246 e. The molecule has 1 N–H and O–H groups in total. The number of halogens is 2. The zero-order chi connectivity index (χ0) is 19.5. The molecule has 7 nitrogen and oxygen atoms in total. The van der Waals surface area contributed by atoms with Crippen molar-refractivity contribution in [2.24, 2.45) is 0 Å². The Morgan fingerprint density at radius 2 is 2.00 bits per heavy atom. The van der Waals surface area contributed by atoms with Crippen LogP contribution in [0.1, 0.15) is 13.8 Å². The molecule has 1 amide bonds. The summed E-state index contributed by atoms with van der Waals surface area (Å²) in [5, 5.41) is 10.7. The van der Waals surface area contributed by atoms with Crippen molar-refractivity contribution in [3.8, 4) is 0 Å². The molecule has 26 heavy (non-hydrogen) atoms. The largest absolute Gasteiger partial charge is 0.299 e. The number of hydrogen-bond acceptors (Lipinski definition) is 7. The molecule has 0 spiro atoms. The van der Waals surface area contributed by atoms with E-state index in [-0.39, 0.29) is 10.8 Å². The Bertz CT molecular complexity index is 903. The van der Waals surface area contributed by atoms with Gasteiger partial charge in [-0.1, -0.05) is 36.9 Å². The van der Waals surface area contributed by atoms with Gasteiger partial charge < -0.3 is 0 Å². The number of thioether (sulfide) groups is 1. The Labute approximate surface area is 157 Å². The Balaban J connectivity index is 2.14. The van der Waals surface area contributed by atoms with Crippen molar-refractivity contribution in [2.75, 3.05) is 22.4 Å². The molecule has 12 heteroatoms. The lowest BCUT2D eigenvalue weighted by Gasteiger charge is -2.21. The van der Waals surface area contributed by atoms with Crippen LogP contribution in [0.5, 0.6) is 0 Å². The average Bonchev–Trinajstić information content (AvgIpc) is 2.93. The fourth-order valence-corrected chi connectivity index (χ4v) is 4.68. The lowest BCUT2D eigenvalue weighted by Crippen LogP contribution is -2.37. The predicted octanol–water partition coefficient (Wildman–Crippen LogP) is 2.72. The third-order valence-corrected chi connectivity index (χ3v) is 5.94. The SMILES string of the molecule is CC(C)Sc1nnc(NC(=O)CN(c2ccc(F)c(F)c2)S(C)(=O)=O)s1. The number of carbonyl (C=O) groups excluding carboxylic acids is 1. The van der Waals surface area contributed by atoms with Gasteiger partial charge in [0.15, 0.2) is 16.0 Å². The molecular weight excluding hydrogens is 406 g/mol. The molecule has 0 atom stereocenters. The Kier molecular flexibility index (Phi) is 6.53. The molecule has 2 rings (SSSR count). The molecule has 0 saturated carbocycles. The van der Waals surface area contributed by atoms with Crippen molar-refractivity contribution in [1.29, 1.82) is 0 Å². The van der Waals surface area contributed by atoms with Crippen LogP contribution >= 0.6 is 23.1 Å². The molecule has 0 bridgehead atoms. The molecule has 1 aromatic heterocycles. The first-order chi connectivity index (χ1) is 12.1. The van der Waals surface area contributed by atoms with E-state index in [1.165, 1.54) is 11.8 Å². The highest BCUT2D eigenvalue weighted by molar-refractivity contribution is 8.01. The van der Waals surface area contributed by atoms with E-state index in [1.807, 2.05) is 13.8 Å². The maximum absolute atomic E-state index is 13.4. The van der Waals surface area contributed by atoms with Crippen LogP contribution in [0.4, 0.5) is 19.6 Å².